The second-order valence-corrected chi connectivity index (χ2v) is 5.75. The van der Waals surface area contributed by atoms with Crippen LogP contribution in [0.15, 0.2) is 34.6 Å². The first-order valence-electron chi connectivity index (χ1n) is 5.78. The maximum Gasteiger partial charge on any atom is 0.365 e. The zero-order valence-corrected chi connectivity index (χ0v) is 14.2. The molecule has 1 aromatic carbocycles. The summed E-state index contributed by atoms with van der Waals surface area (Å²) in [6, 6.07) is 6.20. The van der Waals surface area contributed by atoms with Crippen LogP contribution < -0.4 is 0 Å². The molecule has 0 amide bonds. The van der Waals surface area contributed by atoms with E-state index in [1.54, 1.807) is 18.4 Å². The van der Waals surface area contributed by atoms with Crippen molar-refractivity contribution in [2.45, 2.75) is 5.16 Å². The summed E-state index contributed by atoms with van der Waals surface area (Å²) in [5, 5.41) is 4.75. The number of nitrogens with zero attached hydrogens (tertiary/aromatic N) is 3. The number of aromatic nitrogens is 2. The van der Waals surface area contributed by atoms with Crippen LogP contribution in [0.1, 0.15) is 15.9 Å². The molecule has 0 aliphatic heterocycles. The van der Waals surface area contributed by atoms with Gasteiger partial charge in [0, 0.05) is 5.02 Å². The number of carbonyl (C=O) groups excluding carboxylic acids is 1. The van der Waals surface area contributed by atoms with E-state index < -0.39 is 5.97 Å². The number of rotatable bonds is 4. The van der Waals surface area contributed by atoms with Gasteiger partial charge in [0.2, 0.25) is 0 Å². The van der Waals surface area contributed by atoms with Gasteiger partial charge in [0.15, 0.2) is 5.16 Å². The third-order valence-electron chi connectivity index (χ3n) is 2.41. The Labute approximate surface area is 145 Å². The van der Waals surface area contributed by atoms with Crippen LogP contribution in [0.5, 0.6) is 0 Å². The average molecular weight is 377 g/mol. The van der Waals surface area contributed by atoms with Crippen LogP contribution in [-0.4, -0.2) is 28.4 Å². The van der Waals surface area contributed by atoms with Crippen molar-refractivity contribution in [3.05, 3.63) is 50.7 Å². The van der Waals surface area contributed by atoms with E-state index in [1.807, 2.05) is 0 Å². The topological polar surface area (TPSA) is 64.4 Å². The van der Waals surface area contributed by atoms with Gasteiger partial charge in [-0.1, -0.05) is 51.7 Å². The summed E-state index contributed by atoms with van der Waals surface area (Å²) >= 11 is 19.0. The van der Waals surface area contributed by atoms with Crippen LogP contribution in [0.2, 0.25) is 15.3 Å². The SMILES string of the molecule is CSc1nc(Cl)c(C=NOC(=O)c2ccc(Cl)cc2)c(Cl)n1. The Kier molecular flexibility index (Phi) is 6.02. The van der Waals surface area contributed by atoms with Gasteiger partial charge in [0.25, 0.3) is 0 Å². The molecule has 0 fully saturated rings. The maximum atomic E-state index is 11.7. The molecule has 0 atom stereocenters. The van der Waals surface area contributed by atoms with E-state index in [0.29, 0.717) is 15.7 Å². The van der Waals surface area contributed by atoms with E-state index in [9.17, 15) is 4.79 Å². The summed E-state index contributed by atoms with van der Waals surface area (Å²) in [5.41, 5.74) is 0.581. The number of hydrogen-bond donors (Lipinski definition) is 0. The van der Waals surface area contributed by atoms with E-state index in [1.165, 1.54) is 30.1 Å². The second kappa shape index (κ2) is 7.78. The molecule has 0 aliphatic rings. The quantitative estimate of drug-likeness (QED) is 0.198. The molecule has 22 heavy (non-hydrogen) atoms. The van der Waals surface area contributed by atoms with Crippen LogP contribution in [0, 0.1) is 0 Å². The van der Waals surface area contributed by atoms with Crippen LogP contribution >= 0.6 is 46.6 Å². The van der Waals surface area contributed by atoms with E-state index in [0.717, 1.165) is 0 Å². The number of thioether (sulfide) groups is 1. The smallest absolute Gasteiger partial charge is 0.313 e. The summed E-state index contributed by atoms with van der Waals surface area (Å²) in [6.07, 6.45) is 2.98. The Morgan fingerprint density at radius 2 is 1.77 bits per heavy atom. The Morgan fingerprint density at radius 1 is 1.18 bits per heavy atom. The summed E-state index contributed by atoms with van der Waals surface area (Å²) in [6.45, 7) is 0. The minimum absolute atomic E-state index is 0.121. The van der Waals surface area contributed by atoms with E-state index in [4.69, 9.17) is 39.6 Å². The van der Waals surface area contributed by atoms with Gasteiger partial charge >= 0.3 is 5.97 Å². The molecular formula is C13H8Cl3N3O2S. The molecule has 0 saturated carbocycles. The first-order valence-corrected chi connectivity index (χ1v) is 8.14. The molecule has 1 heterocycles. The fraction of sp³-hybridized carbons (Fsp3) is 0.0769. The molecule has 1 aromatic heterocycles. The summed E-state index contributed by atoms with van der Waals surface area (Å²) in [7, 11) is 0. The van der Waals surface area contributed by atoms with Crippen molar-refractivity contribution in [2.24, 2.45) is 5.16 Å². The second-order valence-electron chi connectivity index (χ2n) is 3.83. The molecule has 0 spiro atoms. The van der Waals surface area contributed by atoms with Gasteiger partial charge in [-0.15, -0.1) is 0 Å². The highest BCUT2D eigenvalue weighted by molar-refractivity contribution is 7.98. The summed E-state index contributed by atoms with van der Waals surface area (Å²) in [5.74, 6) is -0.637. The fourth-order valence-electron chi connectivity index (χ4n) is 1.36. The number of benzene rings is 1. The van der Waals surface area contributed by atoms with Crippen molar-refractivity contribution >= 4 is 58.7 Å². The Hall–Kier alpha value is -1.34. The zero-order valence-electron chi connectivity index (χ0n) is 11.1. The van der Waals surface area contributed by atoms with Crippen molar-refractivity contribution in [1.29, 1.82) is 0 Å². The predicted molar refractivity (Wildman–Crippen MR) is 88.3 cm³/mol. The lowest BCUT2D eigenvalue weighted by Gasteiger charge is -2.02. The van der Waals surface area contributed by atoms with Gasteiger partial charge in [-0.3, -0.25) is 0 Å². The molecule has 0 unspecified atom stereocenters. The lowest BCUT2D eigenvalue weighted by Crippen LogP contribution is -2.01. The summed E-state index contributed by atoms with van der Waals surface area (Å²) in [4.78, 5) is 24.5. The third-order valence-corrected chi connectivity index (χ3v) is 3.79. The Balaban J connectivity index is 2.09. The largest absolute Gasteiger partial charge is 0.365 e. The van der Waals surface area contributed by atoms with Gasteiger partial charge in [-0.05, 0) is 30.5 Å². The molecule has 2 aromatic rings. The van der Waals surface area contributed by atoms with Gasteiger partial charge in [-0.25, -0.2) is 14.8 Å². The van der Waals surface area contributed by atoms with Gasteiger partial charge in [0.1, 0.15) is 10.3 Å². The molecule has 5 nitrogen and oxygen atoms in total. The molecule has 9 heteroatoms. The molecule has 0 radical (unpaired) electrons. The van der Waals surface area contributed by atoms with E-state index in [-0.39, 0.29) is 15.9 Å². The lowest BCUT2D eigenvalue weighted by atomic mass is 10.2. The number of halogens is 3. The Morgan fingerprint density at radius 3 is 2.32 bits per heavy atom. The maximum absolute atomic E-state index is 11.7. The Bertz CT molecular complexity index is 700. The minimum atomic E-state index is -0.637. The molecule has 114 valence electrons. The van der Waals surface area contributed by atoms with E-state index >= 15 is 0 Å². The third kappa shape index (κ3) is 4.33. The van der Waals surface area contributed by atoms with Gasteiger partial charge in [0.05, 0.1) is 17.3 Å². The van der Waals surface area contributed by atoms with Crippen LogP contribution in [0.3, 0.4) is 0 Å². The predicted octanol–water partition coefficient (Wildman–Crippen LogP) is 4.35. The normalized spacial score (nSPS) is 10.9. The average Bonchev–Trinajstić information content (AvgIpc) is 2.50. The molecule has 0 bridgehead atoms. The number of hydrogen-bond acceptors (Lipinski definition) is 6. The highest BCUT2D eigenvalue weighted by atomic mass is 35.5. The van der Waals surface area contributed by atoms with Crippen LogP contribution in [-0.2, 0) is 4.84 Å². The lowest BCUT2D eigenvalue weighted by molar-refractivity contribution is 0.0519. The number of oxime groups is 1. The van der Waals surface area contributed by atoms with E-state index in [2.05, 4.69) is 15.1 Å². The van der Waals surface area contributed by atoms with Crippen molar-refractivity contribution in [3.63, 3.8) is 0 Å². The van der Waals surface area contributed by atoms with Crippen molar-refractivity contribution in [2.75, 3.05) is 6.26 Å². The molecule has 0 N–H and O–H groups in total. The van der Waals surface area contributed by atoms with Crippen LogP contribution in [0.4, 0.5) is 0 Å². The van der Waals surface area contributed by atoms with Crippen LogP contribution in [0.25, 0.3) is 0 Å². The monoisotopic (exact) mass is 375 g/mol. The number of carbonyl (C=O) groups is 1. The first kappa shape index (κ1) is 17.0. The highest BCUT2D eigenvalue weighted by Gasteiger charge is 2.11. The standard InChI is InChI=1S/C13H8Cl3N3O2S/c1-22-13-18-10(15)9(11(16)19-13)6-17-21-12(20)7-2-4-8(14)5-3-7/h2-6H,1H3. The molecular weight excluding hydrogens is 369 g/mol. The molecule has 0 saturated heterocycles. The van der Waals surface area contributed by atoms with Crippen molar-refractivity contribution in [3.8, 4) is 0 Å². The molecule has 0 aliphatic carbocycles. The van der Waals surface area contributed by atoms with Crippen molar-refractivity contribution in [1.82, 2.24) is 9.97 Å². The minimum Gasteiger partial charge on any atom is -0.313 e. The van der Waals surface area contributed by atoms with Crippen molar-refractivity contribution < 1.29 is 9.63 Å². The fourth-order valence-corrected chi connectivity index (χ4v) is 2.44. The zero-order chi connectivity index (χ0) is 16.1. The first-order chi connectivity index (χ1) is 10.5. The van der Waals surface area contributed by atoms with Gasteiger partial charge in [-0.2, -0.15) is 0 Å². The molecule has 2 rings (SSSR count). The summed E-state index contributed by atoms with van der Waals surface area (Å²) < 4.78 is 0. The van der Waals surface area contributed by atoms with Gasteiger partial charge < -0.3 is 4.84 Å². The highest BCUT2D eigenvalue weighted by Crippen LogP contribution is 2.22.